The standard InChI is InChI=1S/C12H14N2OS2/c1-14(2)10-8-6-7(16-3)4-5-9(8)17-11(10)12(13)15/h4-6H,1-3H3,(H2,13,15). The summed E-state index contributed by atoms with van der Waals surface area (Å²) in [7, 11) is 3.86. The van der Waals surface area contributed by atoms with Gasteiger partial charge in [0.2, 0.25) is 0 Å². The van der Waals surface area contributed by atoms with E-state index in [1.165, 1.54) is 16.2 Å². The number of rotatable bonds is 3. The van der Waals surface area contributed by atoms with Crippen LogP contribution in [-0.2, 0) is 0 Å². The predicted octanol–water partition coefficient (Wildman–Crippen LogP) is 2.79. The summed E-state index contributed by atoms with van der Waals surface area (Å²) in [6, 6.07) is 6.22. The van der Waals surface area contributed by atoms with Crippen LogP contribution in [0.5, 0.6) is 0 Å². The van der Waals surface area contributed by atoms with Gasteiger partial charge in [0.1, 0.15) is 4.88 Å². The van der Waals surface area contributed by atoms with Gasteiger partial charge >= 0.3 is 0 Å². The lowest BCUT2D eigenvalue weighted by atomic mass is 10.2. The van der Waals surface area contributed by atoms with E-state index in [2.05, 4.69) is 12.1 Å². The van der Waals surface area contributed by atoms with Crippen molar-refractivity contribution in [3.05, 3.63) is 23.1 Å². The lowest BCUT2D eigenvalue weighted by Crippen LogP contribution is -2.16. The molecule has 0 aliphatic rings. The van der Waals surface area contributed by atoms with E-state index in [9.17, 15) is 4.79 Å². The molecule has 0 bridgehead atoms. The molecule has 0 saturated carbocycles. The van der Waals surface area contributed by atoms with Crippen molar-refractivity contribution in [1.29, 1.82) is 0 Å². The Morgan fingerprint density at radius 3 is 2.65 bits per heavy atom. The van der Waals surface area contributed by atoms with E-state index in [1.807, 2.05) is 31.3 Å². The molecule has 0 atom stereocenters. The van der Waals surface area contributed by atoms with E-state index >= 15 is 0 Å². The molecule has 2 N–H and O–H groups in total. The third kappa shape index (κ3) is 2.12. The van der Waals surface area contributed by atoms with Crippen molar-refractivity contribution >= 4 is 44.8 Å². The van der Waals surface area contributed by atoms with Crippen molar-refractivity contribution in [3.8, 4) is 0 Å². The highest BCUT2D eigenvalue weighted by molar-refractivity contribution is 7.98. The Morgan fingerprint density at radius 2 is 2.12 bits per heavy atom. The van der Waals surface area contributed by atoms with Crippen LogP contribution < -0.4 is 10.6 Å². The Kier molecular flexibility index (Phi) is 3.31. The number of hydrogen-bond donors (Lipinski definition) is 1. The van der Waals surface area contributed by atoms with Crippen molar-refractivity contribution in [2.24, 2.45) is 5.73 Å². The molecule has 0 unspecified atom stereocenters. The Balaban J connectivity index is 2.77. The normalized spacial score (nSPS) is 10.8. The van der Waals surface area contributed by atoms with Gasteiger partial charge < -0.3 is 10.6 Å². The van der Waals surface area contributed by atoms with E-state index < -0.39 is 0 Å². The van der Waals surface area contributed by atoms with Crippen LogP contribution in [0.3, 0.4) is 0 Å². The van der Waals surface area contributed by atoms with Crippen molar-refractivity contribution in [2.75, 3.05) is 25.3 Å². The highest BCUT2D eigenvalue weighted by atomic mass is 32.2. The molecule has 17 heavy (non-hydrogen) atoms. The smallest absolute Gasteiger partial charge is 0.260 e. The summed E-state index contributed by atoms with van der Waals surface area (Å²) in [5.41, 5.74) is 6.35. The fourth-order valence-electron chi connectivity index (χ4n) is 1.80. The summed E-state index contributed by atoms with van der Waals surface area (Å²) in [6.07, 6.45) is 2.04. The molecule has 1 amide bonds. The van der Waals surface area contributed by atoms with Gasteiger partial charge in [-0.25, -0.2) is 0 Å². The molecule has 0 aliphatic heterocycles. The minimum atomic E-state index is -0.361. The number of carbonyl (C=O) groups excluding carboxylic acids is 1. The topological polar surface area (TPSA) is 46.3 Å². The zero-order chi connectivity index (χ0) is 12.6. The monoisotopic (exact) mass is 266 g/mol. The molecule has 1 aromatic heterocycles. The first-order valence-corrected chi connectivity index (χ1v) is 7.16. The van der Waals surface area contributed by atoms with Crippen molar-refractivity contribution in [2.45, 2.75) is 4.90 Å². The molecule has 2 aromatic rings. The number of nitrogens with zero attached hydrogens (tertiary/aromatic N) is 1. The highest BCUT2D eigenvalue weighted by Gasteiger charge is 2.17. The van der Waals surface area contributed by atoms with Gasteiger partial charge in [0.05, 0.1) is 5.69 Å². The number of hydrogen-bond acceptors (Lipinski definition) is 4. The highest BCUT2D eigenvalue weighted by Crippen LogP contribution is 2.38. The van der Waals surface area contributed by atoms with Gasteiger partial charge in [0.25, 0.3) is 5.91 Å². The summed E-state index contributed by atoms with van der Waals surface area (Å²) in [6.45, 7) is 0. The van der Waals surface area contributed by atoms with Gasteiger partial charge in [0.15, 0.2) is 0 Å². The quantitative estimate of drug-likeness (QED) is 0.869. The molecule has 1 aromatic carbocycles. The summed E-state index contributed by atoms with van der Waals surface area (Å²) in [4.78, 5) is 15.2. The lowest BCUT2D eigenvalue weighted by molar-refractivity contribution is 0.100. The van der Waals surface area contributed by atoms with E-state index in [-0.39, 0.29) is 5.91 Å². The fourth-order valence-corrected chi connectivity index (χ4v) is 3.35. The molecule has 0 fully saturated rings. The maximum atomic E-state index is 11.5. The van der Waals surface area contributed by atoms with Crippen LogP contribution in [0.15, 0.2) is 23.1 Å². The minimum Gasteiger partial charge on any atom is -0.376 e. The number of benzene rings is 1. The van der Waals surface area contributed by atoms with Crippen molar-refractivity contribution in [1.82, 2.24) is 0 Å². The summed E-state index contributed by atoms with van der Waals surface area (Å²) in [5.74, 6) is -0.361. The second kappa shape index (κ2) is 4.58. The predicted molar refractivity (Wildman–Crippen MR) is 76.5 cm³/mol. The van der Waals surface area contributed by atoms with Crippen LogP contribution in [-0.4, -0.2) is 26.3 Å². The van der Waals surface area contributed by atoms with Gasteiger partial charge in [-0.05, 0) is 24.5 Å². The molecular weight excluding hydrogens is 252 g/mol. The Hall–Kier alpha value is -1.20. The lowest BCUT2D eigenvalue weighted by Gasteiger charge is -2.13. The molecule has 1 heterocycles. The maximum Gasteiger partial charge on any atom is 0.260 e. The van der Waals surface area contributed by atoms with Crippen molar-refractivity contribution < 1.29 is 4.79 Å². The number of fused-ring (bicyclic) bond motifs is 1. The molecule has 0 aliphatic carbocycles. The van der Waals surface area contributed by atoms with Crippen LogP contribution in [0.1, 0.15) is 9.67 Å². The van der Waals surface area contributed by atoms with Crippen LogP contribution in [0.2, 0.25) is 0 Å². The molecule has 2 rings (SSSR count). The number of thiophene rings is 1. The van der Waals surface area contributed by atoms with E-state index in [4.69, 9.17) is 5.73 Å². The third-order valence-electron chi connectivity index (χ3n) is 2.54. The zero-order valence-corrected chi connectivity index (χ0v) is 11.6. The van der Waals surface area contributed by atoms with Gasteiger partial charge in [-0.3, -0.25) is 4.79 Å². The van der Waals surface area contributed by atoms with Crippen LogP contribution in [0.25, 0.3) is 10.1 Å². The molecular formula is C12H14N2OS2. The molecule has 5 heteroatoms. The van der Waals surface area contributed by atoms with E-state index in [0.717, 1.165) is 15.8 Å². The number of anilines is 1. The average molecular weight is 266 g/mol. The Morgan fingerprint density at radius 1 is 1.41 bits per heavy atom. The van der Waals surface area contributed by atoms with Gasteiger partial charge in [-0.15, -0.1) is 23.1 Å². The first kappa shape index (κ1) is 12.3. The zero-order valence-electron chi connectivity index (χ0n) is 9.98. The van der Waals surface area contributed by atoms with Crippen LogP contribution in [0.4, 0.5) is 5.69 Å². The number of nitrogens with two attached hydrogens (primary N) is 1. The first-order valence-electron chi connectivity index (χ1n) is 5.12. The van der Waals surface area contributed by atoms with Crippen LogP contribution >= 0.6 is 23.1 Å². The molecule has 3 nitrogen and oxygen atoms in total. The first-order chi connectivity index (χ1) is 8.04. The molecule has 90 valence electrons. The number of amides is 1. The Bertz CT molecular complexity index is 575. The SMILES string of the molecule is CSc1ccc2sc(C(N)=O)c(N(C)C)c2c1. The molecule has 0 radical (unpaired) electrons. The molecule has 0 spiro atoms. The van der Waals surface area contributed by atoms with Crippen molar-refractivity contribution in [3.63, 3.8) is 0 Å². The number of primary amides is 1. The maximum absolute atomic E-state index is 11.5. The Labute approximate surface area is 109 Å². The van der Waals surface area contributed by atoms with Crippen LogP contribution in [0, 0.1) is 0 Å². The fraction of sp³-hybridized carbons (Fsp3) is 0.250. The second-order valence-corrected chi connectivity index (χ2v) is 5.83. The average Bonchev–Trinajstić information content (AvgIpc) is 2.66. The number of carbonyl (C=O) groups is 1. The minimum absolute atomic E-state index is 0.361. The largest absolute Gasteiger partial charge is 0.376 e. The van der Waals surface area contributed by atoms with E-state index in [0.29, 0.717) is 4.88 Å². The second-order valence-electron chi connectivity index (χ2n) is 3.90. The van der Waals surface area contributed by atoms with Gasteiger partial charge in [-0.1, -0.05) is 0 Å². The number of thioether (sulfide) groups is 1. The summed E-state index contributed by atoms with van der Waals surface area (Å²) >= 11 is 3.15. The van der Waals surface area contributed by atoms with E-state index in [1.54, 1.807) is 11.8 Å². The summed E-state index contributed by atoms with van der Waals surface area (Å²) in [5, 5.41) is 1.10. The van der Waals surface area contributed by atoms with Gasteiger partial charge in [-0.2, -0.15) is 0 Å². The third-order valence-corrected chi connectivity index (χ3v) is 4.44. The summed E-state index contributed by atoms with van der Waals surface area (Å²) < 4.78 is 1.10. The molecule has 0 saturated heterocycles. The van der Waals surface area contributed by atoms with Gasteiger partial charge in [0, 0.05) is 29.1 Å².